The topological polar surface area (TPSA) is 95.6 Å². The van der Waals surface area contributed by atoms with Crippen molar-refractivity contribution in [2.75, 3.05) is 24.7 Å². The van der Waals surface area contributed by atoms with Gasteiger partial charge in [0.15, 0.2) is 0 Å². The molecule has 20 heavy (non-hydrogen) atoms. The summed E-state index contributed by atoms with van der Waals surface area (Å²) in [6, 6.07) is -0.512. The van der Waals surface area contributed by atoms with E-state index in [1.54, 1.807) is 6.92 Å². The fraction of sp³-hybridized carbons (Fsp3) is 0.818. The Morgan fingerprint density at radius 3 is 2.40 bits per heavy atom. The minimum atomic E-state index is -3.37. The van der Waals surface area contributed by atoms with Gasteiger partial charge in [-0.1, -0.05) is 6.92 Å². The molecular formula is C11H18ClN3O4S. The van der Waals surface area contributed by atoms with Crippen molar-refractivity contribution < 1.29 is 18.0 Å². The molecule has 2 N–H and O–H groups in total. The van der Waals surface area contributed by atoms with E-state index in [1.807, 2.05) is 0 Å². The Bertz CT molecular complexity index is 514. The van der Waals surface area contributed by atoms with Crippen molar-refractivity contribution in [3.63, 3.8) is 0 Å². The molecule has 2 rings (SSSR count). The number of imide groups is 1. The number of sulfonamides is 1. The highest BCUT2D eigenvalue weighted by molar-refractivity contribution is 7.89. The number of halogens is 1. The molecule has 2 heterocycles. The fourth-order valence-corrected chi connectivity index (χ4v) is 4.56. The lowest BCUT2D eigenvalue weighted by Gasteiger charge is -2.36. The number of piperidine rings is 1. The molecule has 2 fully saturated rings. The third-order valence-electron chi connectivity index (χ3n) is 3.74. The summed E-state index contributed by atoms with van der Waals surface area (Å²) < 4.78 is 25.7. The van der Waals surface area contributed by atoms with Gasteiger partial charge in [-0.2, -0.15) is 0 Å². The van der Waals surface area contributed by atoms with Crippen LogP contribution >= 0.6 is 11.6 Å². The number of hydrogen-bond donors (Lipinski definition) is 2. The van der Waals surface area contributed by atoms with Crippen molar-refractivity contribution in [3.8, 4) is 0 Å². The number of amides is 3. The van der Waals surface area contributed by atoms with Crippen LogP contribution in [0.5, 0.6) is 0 Å². The molecule has 114 valence electrons. The minimum Gasteiger partial charge on any atom is -0.323 e. The third kappa shape index (κ3) is 2.91. The second-order valence-electron chi connectivity index (χ2n) is 5.43. The molecule has 0 aromatic heterocycles. The summed E-state index contributed by atoms with van der Waals surface area (Å²) in [7, 11) is -3.37. The lowest BCUT2D eigenvalue weighted by Crippen LogP contribution is -2.56. The summed E-state index contributed by atoms with van der Waals surface area (Å²) in [6.45, 7) is 2.23. The average molecular weight is 324 g/mol. The molecule has 2 aliphatic rings. The Morgan fingerprint density at radius 1 is 1.35 bits per heavy atom. The standard InChI is InChI=1S/C11H18ClN3O4S/c1-8(6-12)7-20(18,19)15-4-2-11(3-5-15)9(16)13-10(17)14-11/h8H,2-7H2,1H3,(H2,13,14,16,17). The molecule has 3 amide bonds. The molecule has 0 saturated carbocycles. The third-order valence-corrected chi connectivity index (χ3v) is 6.41. The van der Waals surface area contributed by atoms with Crippen molar-refractivity contribution in [2.24, 2.45) is 5.92 Å². The van der Waals surface area contributed by atoms with Crippen LogP contribution in [0.15, 0.2) is 0 Å². The number of carbonyl (C=O) groups is 2. The van der Waals surface area contributed by atoms with Crippen LogP contribution in [0.2, 0.25) is 0 Å². The van der Waals surface area contributed by atoms with E-state index in [0.29, 0.717) is 12.8 Å². The van der Waals surface area contributed by atoms with Crippen LogP contribution in [-0.4, -0.2) is 54.9 Å². The van der Waals surface area contributed by atoms with Crippen molar-refractivity contribution in [1.82, 2.24) is 14.9 Å². The maximum atomic E-state index is 12.2. The van der Waals surface area contributed by atoms with Crippen molar-refractivity contribution in [3.05, 3.63) is 0 Å². The van der Waals surface area contributed by atoms with Crippen molar-refractivity contribution >= 4 is 33.6 Å². The molecular weight excluding hydrogens is 306 g/mol. The zero-order valence-electron chi connectivity index (χ0n) is 11.2. The van der Waals surface area contributed by atoms with E-state index >= 15 is 0 Å². The maximum absolute atomic E-state index is 12.2. The first kappa shape index (κ1) is 15.5. The number of carbonyl (C=O) groups excluding carboxylic acids is 2. The molecule has 2 saturated heterocycles. The fourth-order valence-electron chi connectivity index (χ4n) is 2.54. The van der Waals surface area contributed by atoms with Crippen LogP contribution in [0.1, 0.15) is 19.8 Å². The number of rotatable bonds is 4. The number of urea groups is 1. The Morgan fingerprint density at radius 2 is 1.95 bits per heavy atom. The van der Waals surface area contributed by atoms with Crippen LogP contribution in [0.4, 0.5) is 4.79 Å². The van der Waals surface area contributed by atoms with Gasteiger partial charge < -0.3 is 5.32 Å². The average Bonchev–Trinajstić information content (AvgIpc) is 2.64. The van der Waals surface area contributed by atoms with Crippen LogP contribution in [0, 0.1) is 5.92 Å². The minimum absolute atomic E-state index is 0.00204. The Labute approximate surface area is 123 Å². The van der Waals surface area contributed by atoms with Crippen LogP contribution in [0.25, 0.3) is 0 Å². The molecule has 1 spiro atoms. The van der Waals surface area contributed by atoms with Gasteiger partial charge in [0.1, 0.15) is 5.54 Å². The second kappa shape index (κ2) is 5.50. The number of nitrogens with zero attached hydrogens (tertiary/aromatic N) is 1. The molecule has 9 heteroatoms. The summed E-state index contributed by atoms with van der Waals surface area (Å²) in [6.07, 6.45) is 0.581. The molecule has 2 aliphatic heterocycles. The molecule has 7 nitrogen and oxygen atoms in total. The van der Waals surface area contributed by atoms with Crippen molar-refractivity contribution in [2.45, 2.75) is 25.3 Å². The first-order valence-corrected chi connectivity index (χ1v) is 8.61. The molecule has 0 aromatic rings. The Balaban J connectivity index is 2.01. The maximum Gasteiger partial charge on any atom is 0.322 e. The smallest absolute Gasteiger partial charge is 0.322 e. The molecule has 0 aliphatic carbocycles. The van der Waals surface area contributed by atoms with Crippen LogP contribution < -0.4 is 10.6 Å². The first-order chi connectivity index (χ1) is 9.29. The predicted molar refractivity (Wildman–Crippen MR) is 73.9 cm³/mol. The van der Waals surface area contributed by atoms with E-state index in [0.717, 1.165) is 0 Å². The van der Waals surface area contributed by atoms with Gasteiger partial charge in [-0.15, -0.1) is 11.6 Å². The van der Waals surface area contributed by atoms with Crippen molar-refractivity contribution in [1.29, 1.82) is 0 Å². The van der Waals surface area contributed by atoms with E-state index in [2.05, 4.69) is 10.6 Å². The predicted octanol–water partition coefficient (Wildman–Crippen LogP) is -0.135. The highest BCUT2D eigenvalue weighted by atomic mass is 35.5. The van der Waals surface area contributed by atoms with Gasteiger partial charge in [-0.25, -0.2) is 17.5 Å². The molecule has 0 bridgehead atoms. The largest absolute Gasteiger partial charge is 0.323 e. The molecule has 1 unspecified atom stereocenters. The van der Waals surface area contributed by atoms with E-state index in [1.165, 1.54) is 4.31 Å². The number of alkyl halides is 1. The quantitative estimate of drug-likeness (QED) is 0.556. The van der Waals surface area contributed by atoms with Gasteiger partial charge in [0, 0.05) is 19.0 Å². The van der Waals surface area contributed by atoms with Gasteiger partial charge in [0.05, 0.1) is 5.75 Å². The van der Waals surface area contributed by atoms with Gasteiger partial charge in [0.2, 0.25) is 10.0 Å². The summed E-state index contributed by atoms with van der Waals surface area (Å²) >= 11 is 5.65. The SMILES string of the molecule is CC(CCl)CS(=O)(=O)N1CCC2(CC1)NC(=O)NC2=O. The van der Waals surface area contributed by atoms with Gasteiger partial charge in [-0.05, 0) is 18.8 Å². The highest BCUT2D eigenvalue weighted by Crippen LogP contribution is 2.27. The van der Waals surface area contributed by atoms with Gasteiger partial charge in [-0.3, -0.25) is 10.1 Å². The van der Waals surface area contributed by atoms with Crippen LogP contribution in [0.3, 0.4) is 0 Å². The molecule has 0 radical (unpaired) electrons. The number of hydrogen-bond acceptors (Lipinski definition) is 4. The Kier molecular flexibility index (Phi) is 4.27. The highest BCUT2D eigenvalue weighted by Gasteiger charge is 2.49. The van der Waals surface area contributed by atoms with E-state index in [9.17, 15) is 18.0 Å². The van der Waals surface area contributed by atoms with E-state index < -0.39 is 21.6 Å². The zero-order chi connectivity index (χ0) is 15.0. The van der Waals surface area contributed by atoms with E-state index in [4.69, 9.17) is 11.6 Å². The summed E-state index contributed by atoms with van der Waals surface area (Å²) in [5.74, 6) is -0.196. The summed E-state index contributed by atoms with van der Waals surface area (Å²) in [5, 5.41) is 4.80. The van der Waals surface area contributed by atoms with Crippen LogP contribution in [-0.2, 0) is 14.8 Å². The monoisotopic (exact) mass is 323 g/mol. The molecule has 0 aromatic carbocycles. The van der Waals surface area contributed by atoms with Gasteiger partial charge >= 0.3 is 6.03 Å². The van der Waals surface area contributed by atoms with E-state index in [-0.39, 0.29) is 36.5 Å². The second-order valence-corrected chi connectivity index (χ2v) is 7.75. The normalized spacial score (nSPS) is 24.5. The zero-order valence-corrected chi connectivity index (χ0v) is 12.8. The lowest BCUT2D eigenvalue weighted by molar-refractivity contribution is -0.125. The first-order valence-electron chi connectivity index (χ1n) is 6.46. The Hall–Kier alpha value is -0.860. The lowest BCUT2D eigenvalue weighted by atomic mass is 9.89. The summed E-state index contributed by atoms with van der Waals surface area (Å²) in [5.41, 5.74) is -0.943. The summed E-state index contributed by atoms with van der Waals surface area (Å²) in [4.78, 5) is 23.0. The number of nitrogens with one attached hydrogen (secondary N) is 2. The van der Waals surface area contributed by atoms with Gasteiger partial charge in [0.25, 0.3) is 5.91 Å². The molecule has 1 atom stereocenters.